The second-order valence-corrected chi connectivity index (χ2v) is 21.3. The average Bonchev–Trinajstić information content (AvgIpc) is 4.06. The van der Waals surface area contributed by atoms with Crippen molar-refractivity contribution in [3.63, 3.8) is 0 Å². The van der Waals surface area contributed by atoms with Crippen LogP contribution in [0.2, 0.25) is 0 Å². The van der Waals surface area contributed by atoms with E-state index in [2.05, 4.69) is 26.6 Å². The number of nitrogens with one attached hydrogen (secondary N) is 5. The molecule has 7 atom stereocenters. The van der Waals surface area contributed by atoms with E-state index in [1.54, 1.807) is 45.0 Å². The summed E-state index contributed by atoms with van der Waals surface area (Å²) in [6.45, 7) is 10.3. The second-order valence-electron chi connectivity index (χ2n) is 21.3. The molecule has 0 heterocycles. The van der Waals surface area contributed by atoms with Crippen molar-refractivity contribution in [1.82, 2.24) is 26.6 Å². The molecule has 0 spiro atoms. The van der Waals surface area contributed by atoms with Crippen molar-refractivity contribution in [3.8, 4) is 0 Å². The van der Waals surface area contributed by atoms with Gasteiger partial charge in [0.25, 0.3) is 0 Å². The summed E-state index contributed by atoms with van der Waals surface area (Å²) in [5, 5.41) is 26.5. The van der Waals surface area contributed by atoms with Crippen LogP contribution < -0.4 is 26.6 Å². The Morgan fingerprint density at radius 1 is 0.603 bits per heavy atom. The quantitative estimate of drug-likeness (QED) is 0.0187. The molecule has 0 unspecified atom stereocenters. The minimum Gasteiger partial charge on any atom is -0.461 e. The minimum absolute atomic E-state index is 0.0332. The number of aliphatic hydroxyl groups excluding tert-OH is 1. The Morgan fingerprint density at radius 2 is 1.10 bits per heavy atom. The van der Waals surface area contributed by atoms with Gasteiger partial charge < -0.3 is 45.9 Å². The van der Waals surface area contributed by atoms with Gasteiger partial charge in [-0.1, -0.05) is 172 Å². The molecular weight excluding hydrogens is 991 g/mol. The van der Waals surface area contributed by atoms with E-state index in [0.717, 1.165) is 27.8 Å². The molecule has 1 saturated carbocycles. The van der Waals surface area contributed by atoms with E-state index in [0.29, 0.717) is 19.3 Å². The average molecular weight is 1070 g/mol. The predicted molar refractivity (Wildman–Crippen MR) is 295 cm³/mol. The first-order valence-corrected chi connectivity index (χ1v) is 26.8. The van der Waals surface area contributed by atoms with E-state index < -0.39 is 101 Å². The molecule has 0 aromatic heterocycles. The van der Waals surface area contributed by atoms with Crippen LogP contribution in [0.5, 0.6) is 0 Å². The van der Waals surface area contributed by atoms with Crippen molar-refractivity contribution in [2.24, 2.45) is 17.8 Å². The lowest BCUT2D eigenvalue weighted by atomic mass is 9.77. The van der Waals surface area contributed by atoms with E-state index in [1.807, 2.05) is 141 Å². The molecule has 16 nitrogen and oxygen atoms in total. The highest BCUT2D eigenvalue weighted by Gasteiger charge is 2.43. The third-order valence-electron chi connectivity index (χ3n) is 13.6. The summed E-state index contributed by atoms with van der Waals surface area (Å²) >= 11 is 0. The van der Waals surface area contributed by atoms with E-state index in [9.17, 15) is 38.7 Å². The third kappa shape index (κ3) is 17.3. The molecule has 5 amide bonds. The Kier molecular flexibility index (Phi) is 21.7. The maximum atomic E-state index is 14.7. The Balaban J connectivity index is 1.16. The minimum atomic E-state index is -1.48. The maximum absolute atomic E-state index is 14.7. The van der Waals surface area contributed by atoms with Gasteiger partial charge in [-0.3, -0.25) is 24.0 Å². The molecule has 0 aliphatic heterocycles. The summed E-state index contributed by atoms with van der Waals surface area (Å²) < 4.78 is 16.5. The zero-order chi connectivity index (χ0) is 56.2. The summed E-state index contributed by atoms with van der Waals surface area (Å²) in [5.41, 5.74) is 1.58. The van der Waals surface area contributed by atoms with Crippen molar-refractivity contribution in [2.45, 2.75) is 141 Å². The highest BCUT2D eigenvalue weighted by Crippen LogP contribution is 2.38. The van der Waals surface area contributed by atoms with Crippen LogP contribution in [0.25, 0.3) is 0 Å². The molecule has 5 aromatic rings. The summed E-state index contributed by atoms with van der Waals surface area (Å²) in [6.07, 6.45) is -1.46. The molecule has 1 aliphatic carbocycles. The number of ether oxygens (including phenoxy) is 3. The molecule has 16 heteroatoms. The van der Waals surface area contributed by atoms with Crippen LogP contribution in [0.1, 0.15) is 114 Å². The van der Waals surface area contributed by atoms with Gasteiger partial charge in [-0.15, -0.1) is 0 Å². The van der Waals surface area contributed by atoms with Crippen LogP contribution in [0.15, 0.2) is 152 Å². The van der Waals surface area contributed by atoms with Crippen molar-refractivity contribution < 1.29 is 52.9 Å². The van der Waals surface area contributed by atoms with Gasteiger partial charge in [-0.25, -0.2) is 9.59 Å². The van der Waals surface area contributed by atoms with Gasteiger partial charge in [0.1, 0.15) is 42.5 Å². The standard InChI is InChI=1S/C62H75N5O11/c1-41(2)37-51(65-58(73)52(66-60(75)78-61(4,5)6)38-53(68)67-62(45-27-16-9-17-28-45,46-29-18-10-19-30-46)47-31-20-11-21-32-47)55(70)48-33-22-34-49(48)57(72)63-42(3)56(71)64-50(59(74)77-40-44-25-14-8-15-26-44)35-36-54(69)76-39-43-23-12-7-13-24-43/h7-21,23-32,41-42,48-52,55,70H,22,33-40H2,1-6H3,(H,63,72)(H,64,71)(H,65,73)(H,66,75)(H,67,68)/t42-,48+,49+,50-,51-,52-,55-/m0/s1. The van der Waals surface area contributed by atoms with Crippen LogP contribution in [0.4, 0.5) is 4.79 Å². The maximum Gasteiger partial charge on any atom is 0.408 e. The Labute approximate surface area is 457 Å². The summed E-state index contributed by atoms with van der Waals surface area (Å²) in [5.74, 6) is -5.42. The van der Waals surface area contributed by atoms with Crippen LogP contribution in [0.3, 0.4) is 0 Å². The fourth-order valence-corrected chi connectivity index (χ4v) is 9.82. The van der Waals surface area contributed by atoms with Gasteiger partial charge in [0, 0.05) is 12.3 Å². The number of esters is 2. The molecule has 0 bridgehead atoms. The number of hydrogen-bond donors (Lipinski definition) is 6. The molecular formula is C62H75N5O11. The first-order valence-electron chi connectivity index (χ1n) is 26.8. The van der Waals surface area contributed by atoms with E-state index >= 15 is 0 Å². The van der Waals surface area contributed by atoms with Crippen molar-refractivity contribution in [3.05, 3.63) is 179 Å². The molecule has 6 rings (SSSR count). The van der Waals surface area contributed by atoms with Crippen LogP contribution >= 0.6 is 0 Å². The summed E-state index contributed by atoms with van der Waals surface area (Å²) in [7, 11) is 0. The largest absolute Gasteiger partial charge is 0.461 e. The molecule has 414 valence electrons. The Hall–Kier alpha value is -7.85. The first kappa shape index (κ1) is 59.4. The van der Waals surface area contributed by atoms with Crippen molar-refractivity contribution >= 4 is 41.7 Å². The number of carbonyl (C=O) groups excluding carboxylic acids is 7. The molecule has 1 fully saturated rings. The summed E-state index contributed by atoms with van der Waals surface area (Å²) in [6, 6.07) is 41.6. The Bertz CT molecular complexity index is 2640. The first-order chi connectivity index (χ1) is 37.3. The second kappa shape index (κ2) is 28.5. The van der Waals surface area contributed by atoms with Crippen molar-refractivity contribution in [1.29, 1.82) is 0 Å². The zero-order valence-electron chi connectivity index (χ0n) is 45.4. The van der Waals surface area contributed by atoms with E-state index in [1.165, 1.54) is 6.92 Å². The van der Waals surface area contributed by atoms with Gasteiger partial charge >= 0.3 is 18.0 Å². The number of benzene rings is 5. The number of carbonyl (C=O) groups is 7. The monoisotopic (exact) mass is 1070 g/mol. The van der Waals surface area contributed by atoms with Gasteiger partial charge in [0.15, 0.2) is 0 Å². The van der Waals surface area contributed by atoms with E-state index in [4.69, 9.17) is 14.2 Å². The normalized spacial score (nSPS) is 16.3. The highest BCUT2D eigenvalue weighted by atomic mass is 16.6. The molecule has 5 aromatic carbocycles. The van der Waals surface area contributed by atoms with Gasteiger partial charge in [0.2, 0.25) is 23.6 Å². The fraction of sp³-hybridized carbons (Fsp3) is 0.403. The predicted octanol–water partition coefficient (Wildman–Crippen LogP) is 7.94. The van der Waals surface area contributed by atoms with Crippen LogP contribution in [-0.4, -0.2) is 82.6 Å². The van der Waals surface area contributed by atoms with Crippen LogP contribution in [-0.2, 0) is 61.7 Å². The molecule has 0 saturated heterocycles. The fourth-order valence-electron chi connectivity index (χ4n) is 9.82. The highest BCUT2D eigenvalue weighted by molar-refractivity contribution is 5.93. The number of aliphatic hydroxyl groups is 1. The van der Waals surface area contributed by atoms with Gasteiger partial charge in [-0.05, 0) is 93.0 Å². The van der Waals surface area contributed by atoms with E-state index in [-0.39, 0.29) is 38.4 Å². The molecule has 0 radical (unpaired) electrons. The number of rotatable bonds is 25. The molecule has 78 heavy (non-hydrogen) atoms. The lowest BCUT2D eigenvalue weighted by Crippen LogP contribution is -2.57. The van der Waals surface area contributed by atoms with Gasteiger partial charge in [0.05, 0.1) is 18.6 Å². The van der Waals surface area contributed by atoms with Gasteiger partial charge in [-0.2, -0.15) is 0 Å². The smallest absolute Gasteiger partial charge is 0.408 e. The zero-order valence-corrected chi connectivity index (χ0v) is 45.4. The molecule has 1 aliphatic rings. The topological polar surface area (TPSA) is 228 Å². The number of amides is 5. The number of alkyl carbamates (subject to hydrolysis) is 1. The summed E-state index contributed by atoms with van der Waals surface area (Å²) in [4.78, 5) is 97.0. The Morgan fingerprint density at radius 3 is 1.60 bits per heavy atom. The lowest BCUT2D eigenvalue weighted by Gasteiger charge is -2.37. The molecule has 6 N–H and O–H groups in total. The number of hydrogen-bond acceptors (Lipinski definition) is 11. The third-order valence-corrected chi connectivity index (χ3v) is 13.6. The van der Waals surface area contributed by atoms with Crippen LogP contribution in [0, 0.1) is 17.8 Å². The SMILES string of the molecule is CC(C)C[C@H](NC(=O)[C@H](CC(=O)NC(c1ccccc1)(c1ccccc1)c1ccccc1)NC(=O)OC(C)(C)C)[C@@H](O)[C@@H]1CCC[C@H]1C(=O)N[C@@H](C)C(=O)N[C@@H](CCC(=O)OCc1ccccc1)C(=O)OCc1ccccc1. The van der Waals surface area contributed by atoms with Crippen molar-refractivity contribution in [2.75, 3.05) is 0 Å². The lowest BCUT2D eigenvalue weighted by molar-refractivity contribution is -0.150.